The summed E-state index contributed by atoms with van der Waals surface area (Å²) in [6.45, 7) is 0. The van der Waals surface area contributed by atoms with Gasteiger partial charge in [-0.25, -0.2) is 4.68 Å². The van der Waals surface area contributed by atoms with Gasteiger partial charge >= 0.3 is 0 Å². The van der Waals surface area contributed by atoms with Gasteiger partial charge in [-0.1, -0.05) is 58.7 Å². The van der Waals surface area contributed by atoms with Crippen LogP contribution < -0.4 is 0 Å². The normalized spacial score (nSPS) is 11.7. The van der Waals surface area contributed by atoms with Gasteiger partial charge in [0, 0.05) is 22.3 Å². The number of para-hydroxylation sites is 1. The molecule has 0 amide bonds. The van der Waals surface area contributed by atoms with Gasteiger partial charge in [-0.2, -0.15) is 10.1 Å². The molecule has 4 aromatic rings. The topological polar surface area (TPSA) is 56.7 Å². The molecular weight excluding hydrogens is 371 g/mol. The molecule has 0 aliphatic heterocycles. The van der Waals surface area contributed by atoms with Crippen molar-refractivity contribution in [3.8, 4) is 17.1 Å². The van der Waals surface area contributed by atoms with E-state index in [0.29, 0.717) is 15.9 Å². The minimum atomic E-state index is 0.231. The molecule has 0 radical (unpaired) electrons. The Balaban J connectivity index is 1.58. The number of aromatic nitrogens is 4. The Kier molecular flexibility index (Phi) is 4.56. The molecule has 5 nitrogen and oxygen atoms in total. The molecule has 0 bridgehead atoms. The van der Waals surface area contributed by atoms with Crippen LogP contribution in [0.2, 0.25) is 5.02 Å². The first kappa shape index (κ1) is 16.6. The van der Waals surface area contributed by atoms with Gasteiger partial charge in [0.1, 0.15) is 5.03 Å². The summed E-state index contributed by atoms with van der Waals surface area (Å²) in [5.74, 6) is 0.656. The van der Waals surface area contributed by atoms with Crippen LogP contribution in [0.25, 0.3) is 28.2 Å². The highest BCUT2D eigenvalue weighted by molar-refractivity contribution is 6.50. The fourth-order valence-corrected chi connectivity index (χ4v) is 2.80. The second kappa shape index (κ2) is 7.15. The van der Waals surface area contributed by atoms with Crippen molar-refractivity contribution in [1.29, 1.82) is 0 Å². The van der Waals surface area contributed by atoms with Crippen LogP contribution in [0.5, 0.6) is 0 Å². The van der Waals surface area contributed by atoms with E-state index in [2.05, 4.69) is 15.2 Å². The van der Waals surface area contributed by atoms with E-state index in [1.165, 1.54) is 0 Å². The number of rotatable bonds is 4. The zero-order chi connectivity index (χ0) is 17.9. The Morgan fingerprint density at radius 1 is 1.08 bits per heavy atom. The lowest BCUT2D eigenvalue weighted by Crippen LogP contribution is -1.92. The van der Waals surface area contributed by atoms with E-state index in [1.54, 1.807) is 29.1 Å². The van der Waals surface area contributed by atoms with Crippen LogP contribution in [0, 0.1) is 0 Å². The van der Waals surface area contributed by atoms with Crippen molar-refractivity contribution in [2.75, 3.05) is 0 Å². The molecule has 0 unspecified atom stereocenters. The van der Waals surface area contributed by atoms with Crippen LogP contribution in [0.15, 0.2) is 71.5 Å². The van der Waals surface area contributed by atoms with Crippen LogP contribution in [-0.2, 0) is 0 Å². The lowest BCUT2D eigenvalue weighted by molar-refractivity contribution is 0.410. The van der Waals surface area contributed by atoms with Gasteiger partial charge in [0.2, 0.25) is 5.82 Å². The Morgan fingerprint density at radius 3 is 2.73 bits per heavy atom. The van der Waals surface area contributed by atoms with Crippen LogP contribution >= 0.6 is 23.2 Å². The molecule has 2 aromatic carbocycles. The van der Waals surface area contributed by atoms with Crippen LogP contribution in [-0.4, -0.2) is 19.9 Å². The number of nitrogens with zero attached hydrogens (tertiary/aromatic N) is 4. The standard InChI is InChI=1S/C19H12Cl2N4O/c20-15-6-4-5-14(10-15)18-23-19(26-24-18)17(21)9-13-11-22-25(12-13)16-7-2-1-3-8-16/h1-12H/b17-9-. The maximum absolute atomic E-state index is 6.33. The van der Waals surface area contributed by atoms with Crippen molar-refractivity contribution in [3.05, 3.63) is 83.5 Å². The first-order chi connectivity index (χ1) is 12.7. The predicted molar refractivity (Wildman–Crippen MR) is 102 cm³/mol. The summed E-state index contributed by atoms with van der Waals surface area (Å²) in [7, 11) is 0. The quantitative estimate of drug-likeness (QED) is 0.479. The maximum atomic E-state index is 6.33. The fourth-order valence-electron chi connectivity index (χ4n) is 2.41. The fraction of sp³-hybridized carbons (Fsp3) is 0. The Hall–Kier alpha value is -2.89. The highest BCUT2D eigenvalue weighted by Gasteiger charge is 2.12. The highest BCUT2D eigenvalue weighted by Crippen LogP contribution is 2.25. The van der Waals surface area contributed by atoms with E-state index >= 15 is 0 Å². The summed E-state index contributed by atoms with van der Waals surface area (Å²) in [6.07, 6.45) is 5.30. The van der Waals surface area contributed by atoms with Gasteiger partial charge in [-0.3, -0.25) is 0 Å². The molecule has 0 saturated carbocycles. The molecule has 0 N–H and O–H groups in total. The Labute approximate surface area is 159 Å². The highest BCUT2D eigenvalue weighted by atomic mass is 35.5. The molecular formula is C19H12Cl2N4O. The minimum Gasteiger partial charge on any atom is -0.333 e. The van der Waals surface area contributed by atoms with Crippen LogP contribution in [0.4, 0.5) is 0 Å². The number of hydrogen-bond donors (Lipinski definition) is 0. The molecule has 2 aromatic heterocycles. The smallest absolute Gasteiger partial charge is 0.269 e. The molecule has 0 saturated heterocycles. The Morgan fingerprint density at radius 2 is 1.92 bits per heavy atom. The van der Waals surface area contributed by atoms with E-state index < -0.39 is 0 Å². The molecule has 0 spiro atoms. The van der Waals surface area contributed by atoms with Gasteiger partial charge in [-0.15, -0.1) is 0 Å². The Bertz CT molecular complexity index is 1070. The average Bonchev–Trinajstić information content (AvgIpc) is 3.32. The van der Waals surface area contributed by atoms with Crippen molar-refractivity contribution in [3.63, 3.8) is 0 Å². The average molecular weight is 383 g/mol. The third-order valence-corrected chi connectivity index (χ3v) is 4.14. The molecule has 0 aliphatic carbocycles. The first-order valence-electron chi connectivity index (χ1n) is 7.76. The summed E-state index contributed by atoms with van der Waals surface area (Å²) in [6, 6.07) is 17.0. The zero-order valence-electron chi connectivity index (χ0n) is 13.4. The third kappa shape index (κ3) is 3.54. The minimum absolute atomic E-state index is 0.231. The number of hydrogen-bond acceptors (Lipinski definition) is 4. The van der Waals surface area contributed by atoms with Gasteiger partial charge < -0.3 is 4.52 Å². The second-order valence-electron chi connectivity index (χ2n) is 5.48. The van der Waals surface area contributed by atoms with Crippen LogP contribution in [0.3, 0.4) is 0 Å². The van der Waals surface area contributed by atoms with Gasteiger partial charge in [0.25, 0.3) is 5.89 Å². The molecule has 4 rings (SSSR count). The maximum Gasteiger partial charge on any atom is 0.269 e. The zero-order valence-corrected chi connectivity index (χ0v) is 14.9. The summed E-state index contributed by atoms with van der Waals surface area (Å²) in [5, 5.41) is 9.21. The van der Waals surface area contributed by atoms with Gasteiger partial charge in [0.05, 0.1) is 11.9 Å². The number of halogens is 2. The summed E-state index contributed by atoms with van der Waals surface area (Å²) in [4.78, 5) is 4.32. The van der Waals surface area contributed by atoms with Crippen molar-refractivity contribution < 1.29 is 4.52 Å². The van der Waals surface area contributed by atoms with Crippen molar-refractivity contribution >= 4 is 34.3 Å². The largest absolute Gasteiger partial charge is 0.333 e. The lowest BCUT2D eigenvalue weighted by Gasteiger charge is -1.98. The van der Waals surface area contributed by atoms with Crippen LogP contribution in [0.1, 0.15) is 11.5 Å². The summed E-state index contributed by atoms with van der Waals surface area (Å²) >= 11 is 12.3. The molecule has 0 aliphatic rings. The number of benzene rings is 2. The SMILES string of the molecule is Cl/C(=C\c1cnn(-c2ccccc2)c1)c1nc(-c2cccc(Cl)c2)no1. The van der Waals surface area contributed by atoms with Gasteiger partial charge in [0.15, 0.2) is 0 Å². The molecule has 0 fully saturated rings. The molecule has 0 atom stereocenters. The van der Waals surface area contributed by atoms with E-state index in [4.69, 9.17) is 27.7 Å². The van der Waals surface area contributed by atoms with E-state index in [0.717, 1.165) is 16.8 Å². The lowest BCUT2D eigenvalue weighted by atomic mass is 10.2. The van der Waals surface area contributed by atoms with Gasteiger partial charge in [-0.05, 0) is 30.3 Å². The van der Waals surface area contributed by atoms with Crippen molar-refractivity contribution in [1.82, 2.24) is 19.9 Å². The molecule has 2 heterocycles. The molecule has 128 valence electrons. The predicted octanol–water partition coefficient (Wildman–Crippen LogP) is 5.31. The van der Waals surface area contributed by atoms with Crippen molar-refractivity contribution in [2.45, 2.75) is 0 Å². The van der Waals surface area contributed by atoms with E-state index in [-0.39, 0.29) is 5.89 Å². The second-order valence-corrected chi connectivity index (χ2v) is 6.32. The van der Waals surface area contributed by atoms with E-state index in [9.17, 15) is 0 Å². The summed E-state index contributed by atoms with van der Waals surface area (Å²) in [5.41, 5.74) is 2.54. The van der Waals surface area contributed by atoms with Crippen molar-refractivity contribution in [2.24, 2.45) is 0 Å². The molecule has 7 heteroatoms. The summed E-state index contributed by atoms with van der Waals surface area (Å²) < 4.78 is 7.02. The molecule has 26 heavy (non-hydrogen) atoms. The monoisotopic (exact) mass is 382 g/mol. The third-order valence-electron chi connectivity index (χ3n) is 3.63. The van der Waals surface area contributed by atoms with E-state index in [1.807, 2.05) is 48.7 Å². The first-order valence-corrected chi connectivity index (χ1v) is 8.52.